The minimum Gasteiger partial charge on any atom is -0.337 e. The number of nitrogens with one attached hydrogen (secondary N) is 1. The van der Waals surface area contributed by atoms with Crippen molar-refractivity contribution in [3.8, 4) is 0 Å². The van der Waals surface area contributed by atoms with Gasteiger partial charge in [0.15, 0.2) is 0 Å². The zero-order valence-corrected chi connectivity index (χ0v) is 12.3. The number of likely N-dealkylation sites (N-methyl/N-ethyl adjacent to an activating group) is 1. The van der Waals surface area contributed by atoms with E-state index in [0.717, 1.165) is 37.3 Å². The predicted octanol–water partition coefficient (Wildman–Crippen LogP) is 1.27. The highest BCUT2D eigenvalue weighted by atomic mass is 16.2. The second kappa shape index (κ2) is 5.74. The molecule has 1 saturated heterocycles. The largest absolute Gasteiger partial charge is 0.337 e. The monoisotopic (exact) mass is 264 g/mol. The first-order chi connectivity index (χ1) is 9.04. The van der Waals surface area contributed by atoms with Gasteiger partial charge in [-0.3, -0.25) is 9.48 Å². The van der Waals surface area contributed by atoms with E-state index >= 15 is 0 Å². The van der Waals surface area contributed by atoms with Crippen LogP contribution in [-0.2, 0) is 4.79 Å². The van der Waals surface area contributed by atoms with Gasteiger partial charge in [-0.05, 0) is 46.7 Å². The van der Waals surface area contributed by atoms with Crippen molar-refractivity contribution in [2.24, 2.45) is 0 Å². The summed E-state index contributed by atoms with van der Waals surface area (Å²) in [7, 11) is 1.94. The van der Waals surface area contributed by atoms with Gasteiger partial charge in [0.25, 0.3) is 0 Å². The third-order valence-electron chi connectivity index (χ3n) is 3.87. The normalized spacial score (nSPS) is 20.8. The fourth-order valence-electron chi connectivity index (χ4n) is 2.96. The van der Waals surface area contributed by atoms with Crippen molar-refractivity contribution in [2.75, 3.05) is 20.1 Å². The molecule has 1 N–H and O–H groups in total. The molecule has 1 aliphatic rings. The highest BCUT2D eigenvalue weighted by Gasteiger charge is 2.32. The van der Waals surface area contributed by atoms with E-state index < -0.39 is 0 Å². The summed E-state index contributed by atoms with van der Waals surface area (Å²) >= 11 is 0. The van der Waals surface area contributed by atoms with E-state index in [4.69, 9.17) is 0 Å². The molecule has 0 aliphatic carbocycles. The second-order valence-electron chi connectivity index (χ2n) is 5.43. The molecule has 1 aliphatic heterocycles. The molecule has 5 heteroatoms. The van der Waals surface area contributed by atoms with Gasteiger partial charge in [0, 0.05) is 24.8 Å². The third kappa shape index (κ3) is 2.81. The molecule has 0 bridgehead atoms. The van der Waals surface area contributed by atoms with Crippen LogP contribution in [0.25, 0.3) is 0 Å². The van der Waals surface area contributed by atoms with Crippen LogP contribution in [0.1, 0.15) is 37.2 Å². The average Bonchev–Trinajstić information content (AvgIpc) is 2.94. The SMILES string of the molecule is CNC[C@H]1CCCN1C(=O)[C@@H](C)n1nc(C)cc1C. The second-order valence-corrected chi connectivity index (χ2v) is 5.43. The van der Waals surface area contributed by atoms with Gasteiger partial charge in [-0.2, -0.15) is 5.10 Å². The lowest BCUT2D eigenvalue weighted by Crippen LogP contribution is -2.44. The van der Waals surface area contributed by atoms with Crippen molar-refractivity contribution in [1.29, 1.82) is 0 Å². The molecule has 2 rings (SSSR count). The van der Waals surface area contributed by atoms with Gasteiger partial charge in [-0.15, -0.1) is 0 Å². The van der Waals surface area contributed by atoms with Gasteiger partial charge in [0.05, 0.1) is 5.69 Å². The van der Waals surface area contributed by atoms with Crippen LogP contribution in [0, 0.1) is 13.8 Å². The first kappa shape index (κ1) is 14.1. The van der Waals surface area contributed by atoms with Gasteiger partial charge < -0.3 is 10.2 Å². The van der Waals surface area contributed by atoms with Crippen molar-refractivity contribution < 1.29 is 4.79 Å². The Kier molecular flexibility index (Phi) is 4.24. The first-order valence-corrected chi connectivity index (χ1v) is 7.02. The summed E-state index contributed by atoms with van der Waals surface area (Å²) in [6.07, 6.45) is 2.19. The van der Waals surface area contributed by atoms with E-state index in [1.807, 2.05) is 43.5 Å². The molecule has 0 unspecified atom stereocenters. The summed E-state index contributed by atoms with van der Waals surface area (Å²) < 4.78 is 1.84. The Labute approximate surface area is 115 Å². The Morgan fingerprint density at radius 2 is 2.32 bits per heavy atom. The highest BCUT2D eigenvalue weighted by Crippen LogP contribution is 2.22. The Morgan fingerprint density at radius 1 is 1.58 bits per heavy atom. The number of carbonyl (C=O) groups excluding carboxylic acids is 1. The molecule has 1 fully saturated rings. The minimum absolute atomic E-state index is 0.184. The molecule has 0 aromatic carbocycles. The van der Waals surface area contributed by atoms with Gasteiger partial charge in [0.2, 0.25) is 5.91 Å². The van der Waals surface area contributed by atoms with E-state index in [0.29, 0.717) is 6.04 Å². The predicted molar refractivity (Wildman–Crippen MR) is 75.1 cm³/mol. The number of rotatable bonds is 4. The number of amides is 1. The summed E-state index contributed by atoms with van der Waals surface area (Å²) in [5, 5.41) is 7.60. The Balaban J connectivity index is 2.12. The smallest absolute Gasteiger partial charge is 0.247 e. The number of carbonyl (C=O) groups is 1. The van der Waals surface area contributed by atoms with Gasteiger partial charge in [0.1, 0.15) is 6.04 Å². The number of aryl methyl sites for hydroxylation is 2. The maximum Gasteiger partial charge on any atom is 0.247 e. The lowest BCUT2D eigenvalue weighted by molar-refractivity contribution is -0.135. The standard InChI is InChI=1S/C14H24N4O/c1-10-8-11(2)18(16-10)12(3)14(19)17-7-5-6-13(17)9-15-4/h8,12-13,15H,5-7,9H2,1-4H3/t12-,13-/m1/s1. The maximum atomic E-state index is 12.6. The van der Waals surface area contributed by atoms with E-state index in [2.05, 4.69) is 10.4 Å². The molecule has 0 radical (unpaired) electrons. The van der Waals surface area contributed by atoms with Crippen LogP contribution in [0.5, 0.6) is 0 Å². The van der Waals surface area contributed by atoms with Crippen LogP contribution in [-0.4, -0.2) is 46.8 Å². The Bertz CT molecular complexity index is 454. The molecule has 0 saturated carbocycles. The van der Waals surface area contributed by atoms with Crippen molar-refractivity contribution in [1.82, 2.24) is 20.0 Å². The van der Waals surface area contributed by atoms with Gasteiger partial charge in [-0.1, -0.05) is 0 Å². The summed E-state index contributed by atoms with van der Waals surface area (Å²) in [5.41, 5.74) is 2.01. The third-order valence-corrected chi connectivity index (χ3v) is 3.87. The number of likely N-dealkylation sites (tertiary alicyclic amines) is 1. The van der Waals surface area contributed by atoms with Crippen molar-refractivity contribution in [2.45, 2.75) is 45.7 Å². The first-order valence-electron chi connectivity index (χ1n) is 7.02. The van der Waals surface area contributed by atoms with Crippen LogP contribution >= 0.6 is 0 Å². The zero-order chi connectivity index (χ0) is 14.0. The van der Waals surface area contributed by atoms with Crippen molar-refractivity contribution >= 4 is 5.91 Å². The average molecular weight is 264 g/mol. The number of aromatic nitrogens is 2. The van der Waals surface area contributed by atoms with E-state index in [1.165, 1.54) is 0 Å². The molecular weight excluding hydrogens is 240 g/mol. The van der Waals surface area contributed by atoms with Crippen LogP contribution in [0.2, 0.25) is 0 Å². The molecule has 106 valence electrons. The number of hydrogen-bond donors (Lipinski definition) is 1. The van der Waals surface area contributed by atoms with E-state index in [1.54, 1.807) is 0 Å². The molecule has 5 nitrogen and oxygen atoms in total. The summed E-state index contributed by atoms with van der Waals surface area (Å²) in [5.74, 6) is 0.184. The van der Waals surface area contributed by atoms with Crippen molar-refractivity contribution in [3.05, 3.63) is 17.5 Å². The lowest BCUT2D eigenvalue weighted by Gasteiger charge is -2.28. The molecule has 1 amide bonds. The zero-order valence-electron chi connectivity index (χ0n) is 12.3. The summed E-state index contributed by atoms with van der Waals surface area (Å²) in [6.45, 7) is 7.64. The Morgan fingerprint density at radius 3 is 2.89 bits per heavy atom. The fraction of sp³-hybridized carbons (Fsp3) is 0.714. The molecule has 0 spiro atoms. The van der Waals surface area contributed by atoms with Crippen LogP contribution in [0.3, 0.4) is 0 Å². The topological polar surface area (TPSA) is 50.2 Å². The Hall–Kier alpha value is -1.36. The molecule has 19 heavy (non-hydrogen) atoms. The molecule has 2 atom stereocenters. The fourth-order valence-corrected chi connectivity index (χ4v) is 2.96. The summed E-state index contributed by atoms with van der Waals surface area (Å²) in [4.78, 5) is 14.6. The van der Waals surface area contributed by atoms with Gasteiger partial charge >= 0.3 is 0 Å². The molecule has 1 aromatic heterocycles. The number of nitrogens with zero attached hydrogens (tertiary/aromatic N) is 3. The van der Waals surface area contributed by atoms with E-state index in [9.17, 15) is 4.79 Å². The summed E-state index contributed by atoms with van der Waals surface area (Å²) in [6, 6.07) is 2.13. The highest BCUT2D eigenvalue weighted by molar-refractivity contribution is 5.80. The maximum absolute atomic E-state index is 12.6. The number of hydrogen-bond acceptors (Lipinski definition) is 3. The quantitative estimate of drug-likeness (QED) is 0.891. The van der Waals surface area contributed by atoms with E-state index in [-0.39, 0.29) is 11.9 Å². The molecule has 1 aromatic rings. The lowest BCUT2D eigenvalue weighted by atomic mass is 10.2. The minimum atomic E-state index is -0.217. The molecule has 2 heterocycles. The molecular formula is C14H24N4O. The van der Waals surface area contributed by atoms with Gasteiger partial charge in [-0.25, -0.2) is 0 Å². The van der Waals surface area contributed by atoms with Crippen LogP contribution in [0.15, 0.2) is 6.07 Å². The van der Waals surface area contributed by atoms with Crippen molar-refractivity contribution in [3.63, 3.8) is 0 Å². The van der Waals surface area contributed by atoms with Crippen LogP contribution in [0.4, 0.5) is 0 Å². The van der Waals surface area contributed by atoms with Crippen LogP contribution < -0.4 is 5.32 Å².